The first kappa shape index (κ1) is 8.37. The minimum atomic E-state index is 0.716. The van der Waals surface area contributed by atoms with Crippen LogP contribution < -0.4 is 5.73 Å². The Morgan fingerprint density at radius 3 is 3.07 bits per heavy atom. The van der Waals surface area contributed by atoms with Crippen LogP contribution in [0.25, 0.3) is 16.0 Å². The molecule has 0 aliphatic rings. The summed E-state index contributed by atoms with van der Waals surface area (Å²) in [4.78, 5) is 0. The third kappa shape index (κ3) is 1.26. The molecule has 2 N–H and O–H groups in total. The second kappa shape index (κ2) is 3.03. The van der Waals surface area contributed by atoms with Crippen molar-refractivity contribution in [2.45, 2.75) is 0 Å². The number of anilines is 1. The maximum Gasteiger partial charge on any atom is 0.233 e. The lowest BCUT2D eigenvalue weighted by Gasteiger charge is -1.97. The summed E-state index contributed by atoms with van der Waals surface area (Å²) in [7, 11) is 0. The molecular weight excluding hydrogens is 210 g/mol. The number of fused-ring (bicyclic) bond motifs is 1. The van der Waals surface area contributed by atoms with Crippen molar-refractivity contribution in [3.63, 3.8) is 0 Å². The molecule has 0 atom stereocenters. The summed E-state index contributed by atoms with van der Waals surface area (Å²) < 4.78 is 1.74. The van der Waals surface area contributed by atoms with Gasteiger partial charge in [0.25, 0.3) is 0 Å². The highest BCUT2D eigenvalue weighted by atomic mass is 32.1. The molecule has 1 aromatic carbocycles. The van der Waals surface area contributed by atoms with Gasteiger partial charge in [-0.1, -0.05) is 11.3 Å². The Morgan fingerprint density at radius 2 is 2.27 bits per heavy atom. The van der Waals surface area contributed by atoms with Gasteiger partial charge in [0.1, 0.15) is 5.51 Å². The van der Waals surface area contributed by atoms with Gasteiger partial charge in [0.05, 0.1) is 11.7 Å². The molecule has 3 aromatic rings. The van der Waals surface area contributed by atoms with Gasteiger partial charge in [-0.3, -0.25) is 0 Å². The lowest BCUT2D eigenvalue weighted by molar-refractivity contribution is 0.871. The van der Waals surface area contributed by atoms with Crippen LogP contribution in [-0.4, -0.2) is 20.0 Å². The van der Waals surface area contributed by atoms with Crippen LogP contribution in [0.4, 0.5) is 5.69 Å². The fourth-order valence-corrected chi connectivity index (χ4v) is 1.98. The van der Waals surface area contributed by atoms with Gasteiger partial charge < -0.3 is 5.73 Å². The van der Waals surface area contributed by atoms with Gasteiger partial charge in [-0.05, 0) is 18.2 Å². The number of hydrogen-bond donors (Lipinski definition) is 1. The van der Waals surface area contributed by atoms with E-state index in [2.05, 4.69) is 15.3 Å². The Hall–Kier alpha value is -1.95. The van der Waals surface area contributed by atoms with Crippen molar-refractivity contribution in [1.29, 1.82) is 0 Å². The number of rotatable bonds is 1. The SMILES string of the molecule is Nc1ccc2cnn(-c3nncs3)c2c1. The maximum absolute atomic E-state index is 5.73. The van der Waals surface area contributed by atoms with Gasteiger partial charge in [0, 0.05) is 11.1 Å². The number of nitrogen functional groups attached to an aromatic ring is 1. The number of nitrogens with zero attached hydrogens (tertiary/aromatic N) is 4. The van der Waals surface area contributed by atoms with Crippen LogP contribution in [0.1, 0.15) is 0 Å². The minimum absolute atomic E-state index is 0.716. The van der Waals surface area contributed by atoms with Gasteiger partial charge in [0.15, 0.2) is 0 Å². The lowest BCUT2D eigenvalue weighted by Crippen LogP contribution is -1.95. The predicted molar refractivity (Wildman–Crippen MR) is 58.9 cm³/mol. The molecule has 0 unspecified atom stereocenters. The number of nitrogens with two attached hydrogens (primary N) is 1. The van der Waals surface area contributed by atoms with E-state index in [0.717, 1.165) is 16.0 Å². The Labute approximate surface area is 89.2 Å². The van der Waals surface area contributed by atoms with E-state index in [1.54, 1.807) is 16.4 Å². The second-order valence-corrected chi connectivity index (χ2v) is 3.91. The van der Waals surface area contributed by atoms with Crippen molar-refractivity contribution < 1.29 is 0 Å². The van der Waals surface area contributed by atoms with Crippen molar-refractivity contribution in [2.24, 2.45) is 0 Å². The van der Waals surface area contributed by atoms with Crippen molar-refractivity contribution in [2.75, 3.05) is 5.73 Å². The molecule has 6 heteroatoms. The third-order valence-corrected chi connectivity index (χ3v) is 2.79. The zero-order valence-electron chi connectivity index (χ0n) is 7.66. The fourth-order valence-electron chi connectivity index (χ4n) is 1.45. The largest absolute Gasteiger partial charge is 0.399 e. The van der Waals surface area contributed by atoms with E-state index in [-0.39, 0.29) is 0 Å². The van der Waals surface area contributed by atoms with Crippen molar-refractivity contribution >= 4 is 27.9 Å². The quantitative estimate of drug-likeness (QED) is 0.626. The topological polar surface area (TPSA) is 69.6 Å². The molecule has 74 valence electrons. The summed E-state index contributed by atoms with van der Waals surface area (Å²) in [5.41, 5.74) is 9.07. The summed E-state index contributed by atoms with van der Waals surface area (Å²) in [6, 6.07) is 5.67. The molecule has 0 bridgehead atoms. The number of benzene rings is 1. The Balaban J connectivity index is 2.32. The number of aromatic nitrogens is 4. The molecule has 0 aliphatic carbocycles. The van der Waals surface area contributed by atoms with Crippen LogP contribution in [0.2, 0.25) is 0 Å². The standard InChI is InChI=1S/C9H7N5S/c10-7-2-1-6-4-12-14(8(6)3-7)9-13-11-5-15-9/h1-5H,10H2. The van der Waals surface area contributed by atoms with Crippen LogP contribution in [0.5, 0.6) is 0 Å². The molecule has 15 heavy (non-hydrogen) atoms. The summed E-state index contributed by atoms with van der Waals surface area (Å²) >= 11 is 1.44. The van der Waals surface area contributed by atoms with Gasteiger partial charge in [-0.2, -0.15) is 5.10 Å². The van der Waals surface area contributed by atoms with Gasteiger partial charge >= 0.3 is 0 Å². The lowest BCUT2D eigenvalue weighted by atomic mass is 10.2. The van der Waals surface area contributed by atoms with Gasteiger partial charge in [0.2, 0.25) is 5.13 Å². The molecule has 2 heterocycles. The molecule has 0 amide bonds. The minimum Gasteiger partial charge on any atom is -0.399 e. The van der Waals surface area contributed by atoms with Crippen LogP contribution in [0, 0.1) is 0 Å². The normalized spacial score (nSPS) is 10.9. The highest BCUT2D eigenvalue weighted by molar-refractivity contribution is 7.11. The summed E-state index contributed by atoms with van der Waals surface area (Å²) in [6.07, 6.45) is 1.79. The van der Waals surface area contributed by atoms with E-state index < -0.39 is 0 Å². The van der Waals surface area contributed by atoms with Crippen LogP contribution in [0.3, 0.4) is 0 Å². The maximum atomic E-state index is 5.73. The van der Waals surface area contributed by atoms with Crippen molar-refractivity contribution in [3.8, 4) is 5.13 Å². The predicted octanol–water partition coefficient (Wildman–Crippen LogP) is 1.46. The van der Waals surface area contributed by atoms with E-state index in [9.17, 15) is 0 Å². The van der Waals surface area contributed by atoms with Crippen molar-refractivity contribution in [1.82, 2.24) is 20.0 Å². The van der Waals surface area contributed by atoms with Crippen LogP contribution in [-0.2, 0) is 0 Å². The fraction of sp³-hybridized carbons (Fsp3) is 0. The Kier molecular flexibility index (Phi) is 1.69. The van der Waals surface area contributed by atoms with E-state index in [0.29, 0.717) is 5.69 Å². The molecule has 0 radical (unpaired) electrons. The summed E-state index contributed by atoms with van der Waals surface area (Å²) in [5.74, 6) is 0. The zero-order chi connectivity index (χ0) is 10.3. The Morgan fingerprint density at radius 1 is 1.33 bits per heavy atom. The highest BCUT2D eigenvalue weighted by Gasteiger charge is 2.07. The average molecular weight is 217 g/mol. The molecule has 3 rings (SSSR count). The molecule has 2 aromatic heterocycles. The number of hydrogen-bond acceptors (Lipinski definition) is 5. The molecule has 0 aliphatic heterocycles. The monoisotopic (exact) mass is 217 g/mol. The van der Waals surface area contributed by atoms with E-state index >= 15 is 0 Å². The second-order valence-electron chi connectivity index (χ2n) is 3.10. The van der Waals surface area contributed by atoms with Gasteiger partial charge in [-0.15, -0.1) is 10.2 Å². The zero-order valence-corrected chi connectivity index (χ0v) is 8.48. The van der Waals surface area contributed by atoms with E-state index in [1.165, 1.54) is 11.3 Å². The molecule has 5 nitrogen and oxygen atoms in total. The summed E-state index contributed by atoms with van der Waals surface area (Å²) in [5, 5.41) is 13.8. The smallest absolute Gasteiger partial charge is 0.233 e. The van der Waals surface area contributed by atoms with E-state index in [1.807, 2.05) is 18.2 Å². The molecular formula is C9H7N5S. The first-order valence-corrected chi connectivity index (χ1v) is 5.22. The molecule has 0 spiro atoms. The van der Waals surface area contributed by atoms with Crippen LogP contribution >= 0.6 is 11.3 Å². The Bertz CT molecular complexity index is 598. The third-order valence-electron chi connectivity index (χ3n) is 2.12. The average Bonchev–Trinajstić information content (AvgIpc) is 2.83. The van der Waals surface area contributed by atoms with Crippen molar-refractivity contribution in [3.05, 3.63) is 29.9 Å². The highest BCUT2D eigenvalue weighted by Crippen LogP contribution is 2.20. The molecule has 0 fully saturated rings. The summed E-state index contributed by atoms with van der Waals surface area (Å²) in [6.45, 7) is 0. The first-order valence-electron chi connectivity index (χ1n) is 4.34. The molecule has 0 saturated heterocycles. The van der Waals surface area contributed by atoms with E-state index in [4.69, 9.17) is 5.73 Å². The molecule has 0 saturated carbocycles. The van der Waals surface area contributed by atoms with Gasteiger partial charge in [-0.25, -0.2) is 4.68 Å². The first-order chi connectivity index (χ1) is 7.34. The van der Waals surface area contributed by atoms with Crippen LogP contribution in [0.15, 0.2) is 29.9 Å².